The number of hydrogen-bond donors (Lipinski definition) is 0. The molecule has 51 heavy (non-hydrogen) atoms. The van der Waals surface area contributed by atoms with Gasteiger partial charge in [0.15, 0.2) is 0 Å². The van der Waals surface area contributed by atoms with Gasteiger partial charge >= 0.3 is 0 Å². The first kappa shape index (κ1) is 29.5. The quantitative estimate of drug-likeness (QED) is 0.184. The van der Waals surface area contributed by atoms with Crippen molar-refractivity contribution in [1.82, 2.24) is 0 Å². The molecule has 0 radical (unpaired) electrons. The highest BCUT2D eigenvalue weighted by atomic mass is 16.3. The molecule has 1 heterocycles. The molecule has 10 rings (SSSR count). The number of fused-ring (bicyclic) bond motifs is 8. The van der Waals surface area contributed by atoms with Crippen LogP contribution in [0.25, 0.3) is 66.1 Å². The Morgan fingerprint density at radius 1 is 0.431 bits per heavy atom. The van der Waals surface area contributed by atoms with Crippen LogP contribution in [0.1, 0.15) is 25.0 Å². The van der Waals surface area contributed by atoms with Gasteiger partial charge in [-0.3, -0.25) is 0 Å². The number of benzene rings is 8. The fourth-order valence-corrected chi connectivity index (χ4v) is 8.31. The van der Waals surface area contributed by atoms with E-state index in [1.165, 1.54) is 44.3 Å². The van der Waals surface area contributed by atoms with Gasteiger partial charge in [0, 0.05) is 38.6 Å². The molecule has 9 aromatic rings. The summed E-state index contributed by atoms with van der Waals surface area (Å²) in [6, 6.07) is 63.6. The molecule has 2 nitrogen and oxygen atoms in total. The second-order valence-electron chi connectivity index (χ2n) is 14.1. The Morgan fingerprint density at radius 2 is 1.06 bits per heavy atom. The van der Waals surface area contributed by atoms with Crippen LogP contribution in [0.2, 0.25) is 0 Å². The van der Waals surface area contributed by atoms with E-state index >= 15 is 0 Å². The van der Waals surface area contributed by atoms with E-state index in [-0.39, 0.29) is 5.41 Å². The summed E-state index contributed by atoms with van der Waals surface area (Å²) in [5.74, 6) is 0. The van der Waals surface area contributed by atoms with Gasteiger partial charge in [0.2, 0.25) is 0 Å². The highest BCUT2D eigenvalue weighted by Gasteiger charge is 2.35. The minimum Gasteiger partial charge on any atom is -0.455 e. The van der Waals surface area contributed by atoms with Crippen LogP contribution < -0.4 is 4.90 Å². The van der Waals surface area contributed by atoms with E-state index in [4.69, 9.17) is 4.42 Å². The van der Waals surface area contributed by atoms with Crippen LogP contribution in [0.5, 0.6) is 0 Å². The zero-order chi connectivity index (χ0) is 34.1. The zero-order valence-electron chi connectivity index (χ0n) is 28.6. The molecule has 1 aliphatic carbocycles. The van der Waals surface area contributed by atoms with E-state index in [0.717, 1.165) is 50.0 Å². The number of para-hydroxylation sites is 1. The fourth-order valence-electron chi connectivity index (χ4n) is 8.31. The van der Waals surface area contributed by atoms with Crippen molar-refractivity contribution in [2.75, 3.05) is 4.90 Å². The summed E-state index contributed by atoms with van der Waals surface area (Å²) in [7, 11) is 0. The predicted molar refractivity (Wildman–Crippen MR) is 214 cm³/mol. The van der Waals surface area contributed by atoms with Gasteiger partial charge in [0.05, 0.1) is 0 Å². The summed E-state index contributed by atoms with van der Waals surface area (Å²) in [4.78, 5) is 2.38. The van der Waals surface area contributed by atoms with Crippen LogP contribution in [0, 0.1) is 0 Å². The highest BCUT2D eigenvalue weighted by Crippen LogP contribution is 2.51. The summed E-state index contributed by atoms with van der Waals surface area (Å²) in [5, 5.41) is 4.61. The van der Waals surface area contributed by atoms with Gasteiger partial charge in [-0.05, 0) is 98.4 Å². The first-order chi connectivity index (χ1) is 25.0. The number of furan rings is 1. The molecule has 8 aromatic carbocycles. The lowest BCUT2D eigenvalue weighted by molar-refractivity contribution is 0.660. The van der Waals surface area contributed by atoms with Crippen molar-refractivity contribution in [2.24, 2.45) is 0 Å². The second-order valence-corrected chi connectivity index (χ2v) is 14.1. The normalized spacial score (nSPS) is 13.1. The maximum Gasteiger partial charge on any atom is 0.143 e. The van der Waals surface area contributed by atoms with E-state index in [2.05, 4.69) is 189 Å². The molecule has 1 aromatic heterocycles. The molecule has 0 unspecified atom stereocenters. The molecule has 0 fully saturated rings. The molecule has 0 saturated heterocycles. The van der Waals surface area contributed by atoms with Gasteiger partial charge in [0.25, 0.3) is 0 Å². The van der Waals surface area contributed by atoms with Crippen LogP contribution >= 0.6 is 0 Å². The van der Waals surface area contributed by atoms with E-state index in [0.29, 0.717) is 0 Å². The lowest BCUT2D eigenvalue weighted by Gasteiger charge is -2.27. The lowest BCUT2D eigenvalue weighted by Crippen LogP contribution is -2.15. The molecule has 0 amide bonds. The highest BCUT2D eigenvalue weighted by molar-refractivity contribution is 6.18. The molecular weight excluding hydrogens is 619 g/mol. The monoisotopic (exact) mass is 653 g/mol. The number of rotatable bonds is 5. The SMILES string of the molecule is CC1(C)c2ccccc2-c2cc(N(c3ccc(-c4ccccc4)cc3)c3ccc(-c4cccc5ccc6c7ccccc7oc6c45)cc3)ccc21. The van der Waals surface area contributed by atoms with Crippen molar-refractivity contribution in [2.45, 2.75) is 19.3 Å². The van der Waals surface area contributed by atoms with Crippen LogP contribution in [0.3, 0.4) is 0 Å². The summed E-state index contributed by atoms with van der Waals surface area (Å²) in [6.45, 7) is 4.67. The van der Waals surface area contributed by atoms with E-state index in [1.54, 1.807) is 0 Å². The third kappa shape index (κ3) is 4.64. The van der Waals surface area contributed by atoms with Crippen LogP contribution in [0.15, 0.2) is 180 Å². The molecule has 0 saturated carbocycles. The van der Waals surface area contributed by atoms with Crippen molar-refractivity contribution in [3.63, 3.8) is 0 Å². The third-order valence-electron chi connectivity index (χ3n) is 10.9. The Balaban J connectivity index is 1.11. The first-order valence-corrected chi connectivity index (χ1v) is 17.7. The molecule has 0 bridgehead atoms. The van der Waals surface area contributed by atoms with Crippen LogP contribution in [0.4, 0.5) is 17.1 Å². The van der Waals surface area contributed by atoms with Crippen LogP contribution in [-0.2, 0) is 5.41 Å². The number of anilines is 3. The van der Waals surface area contributed by atoms with Crippen molar-refractivity contribution in [3.8, 4) is 33.4 Å². The summed E-state index contributed by atoms with van der Waals surface area (Å²) >= 11 is 0. The molecule has 0 spiro atoms. The second kappa shape index (κ2) is 11.3. The third-order valence-corrected chi connectivity index (χ3v) is 10.9. The van der Waals surface area contributed by atoms with Gasteiger partial charge in [-0.15, -0.1) is 0 Å². The number of nitrogens with zero attached hydrogens (tertiary/aromatic N) is 1. The molecule has 0 atom stereocenters. The van der Waals surface area contributed by atoms with Gasteiger partial charge in [0.1, 0.15) is 11.2 Å². The van der Waals surface area contributed by atoms with E-state index in [1.807, 2.05) is 6.07 Å². The van der Waals surface area contributed by atoms with Crippen molar-refractivity contribution in [3.05, 3.63) is 187 Å². The zero-order valence-corrected chi connectivity index (χ0v) is 28.6. The van der Waals surface area contributed by atoms with Crippen molar-refractivity contribution < 1.29 is 4.42 Å². The lowest BCUT2D eigenvalue weighted by atomic mass is 9.82. The molecule has 0 aliphatic heterocycles. The Kier molecular flexibility index (Phi) is 6.56. The number of hydrogen-bond acceptors (Lipinski definition) is 2. The average molecular weight is 654 g/mol. The van der Waals surface area contributed by atoms with Gasteiger partial charge in [-0.2, -0.15) is 0 Å². The molecule has 2 heteroatoms. The Morgan fingerprint density at radius 3 is 1.86 bits per heavy atom. The molecular formula is C49H35NO. The Bertz CT molecular complexity index is 2750. The Hall–Kier alpha value is -6.38. The largest absolute Gasteiger partial charge is 0.455 e. The fraction of sp³-hybridized carbons (Fsp3) is 0.0612. The Labute approximate surface area is 297 Å². The molecule has 0 N–H and O–H groups in total. The average Bonchev–Trinajstić information content (AvgIpc) is 3.68. The predicted octanol–water partition coefficient (Wildman–Crippen LogP) is 13.8. The van der Waals surface area contributed by atoms with Gasteiger partial charge < -0.3 is 9.32 Å². The van der Waals surface area contributed by atoms with Gasteiger partial charge in [-0.1, -0.05) is 141 Å². The van der Waals surface area contributed by atoms with Crippen molar-refractivity contribution in [1.29, 1.82) is 0 Å². The standard InChI is InChI=1S/C49H35NO/c1-49(2)44-17-8-6-14-40(44)43-31-38(28-30-45(43)49)50(36-24-19-33(20-25-36)32-11-4-3-5-12-32)37-26-21-34(22-27-37)39-16-10-13-35-23-29-42-41-15-7-9-18-46(41)51-48(42)47(35)39/h3-31H,1-2H3. The van der Waals surface area contributed by atoms with Gasteiger partial charge in [-0.25, -0.2) is 0 Å². The van der Waals surface area contributed by atoms with E-state index in [9.17, 15) is 0 Å². The molecule has 242 valence electrons. The maximum absolute atomic E-state index is 6.51. The minimum atomic E-state index is -0.0437. The minimum absolute atomic E-state index is 0.0437. The summed E-state index contributed by atoms with van der Waals surface area (Å²) < 4.78 is 6.51. The maximum atomic E-state index is 6.51. The van der Waals surface area contributed by atoms with Crippen LogP contribution in [-0.4, -0.2) is 0 Å². The van der Waals surface area contributed by atoms with E-state index < -0.39 is 0 Å². The molecule has 1 aliphatic rings. The summed E-state index contributed by atoms with van der Waals surface area (Å²) in [5.41, 5.74) is 15.3. The topological polar surface area (TPSA) is 16.4 Å². The first-order valence-electron chi connectivity index (χ1n) is 17.7. The smallest absolute Gasteiger partial charge is 0.143 e. The summed E-state index contributed by atoms with van der Waals surface area (Å²) in [6.07, 6.45) is 0. The van der Waals surface area contributed by atoms with Crippen molar-refractivity contribution >= 4 is 49.8 Å².